The molecule has 0 saturated carbocycles. The lowest BCUT2D eigenvalue weighted by atomic mass is 10.2. The van der Waals surface area contributed by atoms with Gasteiger partial charge in [-0.05, 0) is 40.0 Å². The van der Waals surface area contributed by atoms with Crippen LogP contribution < -0.4 is 11.1 Å². The van der Waals surface area contributed by atoms with Crippen LogP contribution in [0.1, 0.15) is 13.3 Å². The monoisotopic (exact) mass is 325 g/mol. The molecule has 2 rings (SSSR count). The molecule has 1 atom stereocenters. The van der Waals surface area contributed by atoms with Crippen molar-refractivity contribution in [1.82, 2.24) is 4.90 Å². The van der Waals surface area contributed by atoms with Crippen LogP contribution in [0.5, 0.6) is 0 Å². The van der Waals surface area contributed by atoms with Crippen molar-refractivity contribution in [2.24, 2.45) is 5.92 Å². The number of carbonyl (C=O) groups is 2. The number of halogens is 1. The molecule has 0 bridgehead atoms. The predicted octanol–water partition coefficient (Wildman–Crippen LogP) is 1.84. The minimum atomic E-state index is -0.201. The van der Waals surface area contributed by atoms with E-state index < -0.39 is 0 Å². The van der Waals surface area contributed by atoms with Crippen LogP contribution in [0, 0.1) is 5.92 Å². The predicted molar refractivity (Wildman–Crippen MR) is 77.5 cm³/mol. The minimum Gasteiger partial charge on any atom is -0.399 e. The molecule has 19 heavy (non-hydrogen) atoms. The van der Waals surface area contributed by atoms with Gasteiger partial charge in [0.05, 0.1) is 12.2 Å². The van der Waals surface area contributed by atoms with E-state index in [-0.39, 0.29) is 18.4 Å². The van der Waals surface area contributed by atoms with E-state index in [4.69, 9.17) is 5.73 Å². The van der Waals surface area contributed by atoms with Crippen molar-refractivity contribution in [2.75, 3.05) is 24.1 Å². The van der Waals surface area contributed by atoms with Gasteiger partial charge in [-0.1, -0.05) is 6.92 Å². The second-order valence-corrected chi connectivity index (χ2v) is 5.73. The Hall–Kier alpha value is -1.56. The Labute approximate surface area is 120 Å². The van der Waals surface area contributed by atoms with Crippen LogP contribution >= 0.6 is 15.9 Å². The summed E-state index contributed by atoms with van der Waals surface area (Å²) in [5.41, 5.74) is 6.90. The Morgan fingerprint density at radius 3 is 2.89 bits per heavy atom. The number of hydrogen-bond donors (Lipinski definition) is 2. The molecule has 1 aromatic carbocycles. The molecule has 1 unspecified atom stereocenters. The normalized spacial score (nSPS) is 18.7. The van der Waals surface area contributed by atoms with Crippen molar-refractivity contribution >= 4 is 39.1 Å². The molecular weight excluding hydrogens is 310 g/mol. The summed E-state index contributed by atoms with van der Waals surface area (Å²) in [5, 5.41) is 2.76. The highest BCUT2D eigenvalue weighted by molar-refractivity contribution is 9.10. The molecule has 5 nitrogen and oxygen atoms in total. The molecule has 1 aliphatic rings. The highest BCUT2D eigenvalue weighted by Crippen LogP contribution is 2.24. The Balaban J connectivity index is 1.96. The van der Waals surface area contributed by atoms with Crippen LogP contribution in [-0.4, -0.2) is 29.8 Å². The molecule has 1 aromatic rings. The number of nitrogens with two attached hydrogens (primary N) is 1. The molecule has 0 spiro atoms. The number of likely N-dealkylation sites (tertiary alicyclic amines) is 1. The van der Waals surface area contributed by atoms with Crippen molar-refractivity contribution in [2.45, 2.75) is 13.3 Å². The Morgan fingerprint density at radius 2 is 2.32 bits per heavy atom. The van der Waals surface area contributed by atoms with E-state index in [1.807, 2.05) is 6.92 Å². The fourth-order valence-electron chi connectivity index (χ4n) is 2.12. The van der Waals surface area contributed by atoms with Gasteiger partial charge in [0.1, 0.15) is 0 Å². The first-order chi connectivity index (χ1) is 8.95. The van der Waals surface area contributed by atoms with E-state index in [0.717, 1.165) is 4.47 Å². The zero-order valence-electron chi connectivity index (χ0n) is 10.6. The standard InChI is InChI=1S/C13H16BrN3O2/c1-8-4-13(19)17(6-8)7-12(18)16-11-3-2-9(15)5-10(11)14/h2-3,5,8H,4,6-7,15H2,1H3,(H,16,18). The maximum Gasteiger partial charge on any atom is 0.244 e. The van der Waals surface area contributed by atoms with Crippen LogP contribution in [0.15, 0.2) is 22.7 Å². The summed E-state index contributed by atoms with van der Waals surface area (Å²) in [7, 11) is 0. The first-order valence-corrected chi connectivity index (χ1v) is 6.87. The smallest absolute Gasteiger partial charge is 0.244 e. The van der Waals surface area contributed by atoms with Gasteiger partial charge in [-0.15, -0.1) is 0 Å². The number of benzene rings is 1. The molecule has 2 amide bonds. The molecule has 6 heteroatoms. The van der Waals surface area contributed by atoms with Gasteiger partial charge in [0.15, 0.2) is 0 Å². The second kappa shape index (κ2) is 5.61. The highest BCUT2D eigenvalue weighted by atomic mass is 79.9. The lowest BCUT2D eigenvalue weighted by Crippen LogP contribution is -2.34. The van der Waals surface area contributed by atoms with Crippen LogP contribution in [0.3, 0.4) is 0 Å². The fraction of sp³-hybridized carbons (Fsp3) is 0.385. The quantitative estimate of drug-likeness (QED) is 0.832. The van der Waals surface area contributed by atoms with Crippen LogP contribution in [0.4, 0.5) is 11.4 Å². The van der Waals surface area contributed by atoms with Crippen LogP contribution in [-0.2, 0) is 9.59 Å². The Morgan fingerprint density at radius 1 is 1.58 bits per heavy atom. The average molecular weight is 326 g/mol. The number of nitrogens with one attached hydrogen (secondary N) is 1. The highest BCUT2D eigenvalue weighted by Gasteiger charge is 2.27. The zero-order chi connectivity index (χ0) is 14.0. The summed E-state index contributed by atoms with van der Waals surface area (Å²) < 4.78 is 0.724. The fourth-order valence-corrected chi connectivity index (χ4v) is 2.61. The maximum atomic E-state index is 11.9. The summed E-state index contributed by atoms with van der Waals surface area (Å²) >= 11 is 3.33. The first-order valence-electron chi connectivity index (χ1n) is 6.08. The number of amides is 2. The van der Waals surface area contributed by atoms with Gasteiger partial charge < -0.3 is 16.0 Å². The molecule has 1 fully saturated rings. The topological polar surface area (TPSA) is 75.4 Å². The van der Waals surface area contributed by atoms with Crippen molar-refractivity contribution < 1.29 is 9.59 Å². The van der Waals surface area contributed by atoms with E-state index >= 15 is 0 Å². The van der Waals surface area contributed by atoms with Gasteiger partial charge in [0.25, 0.3) is 0 Å². The Kier molecular flexibility index (Phi) is 4.09. The molecule has 1 heterocycles. The number of anilines is 2. The lowest BCUT2D eigenvalue weighted by molar-refractivity contribution is -0.131. The van der Waals surface area contributed by atoms with Gasteiger partial charge in [-0.25, -0.2) is 0 Å². The Bertz CT molecular complexity index is 519. The van der Waals surface area contributed by atoms with Crippen molar-refractivity contribution in [3.63, 3.8) is 0 Å². The first kappa shape index (κ1) is 13.9. The summed E-state index contributed by atoms with van der Waals surface area (Å²) in [6.45, 7) is 2.75. The second-order valence-electron chi connectivity index (χ2n) is 4.87. The van der Waals surface area contributed by atoms with Crippen LogP contribution in [0.25, 0.3) is 0 Å². The third kappa shape index (κ3) is 3.47. The minimum absolute atomic E-state index is 0.0408. The summed E-state index contributed by atoms with van der Waals surface area (Å²) in [6, 6.07) is 5.16. The third-order valence-electron chi connectivity index (χ3n) is 3.01. The number of nitrogens with zero attached hydrogens (tertiary/aromatic N) is 1. The number of carbonyl (C=O) groups excluding carboxylic acids is 2. The molecular formula is C13H16BrN3O2. The van der Waals surface area contributed by atoms with Gasteiger partial charge in [-0.2, -0.15) is 0 Å². The van der Waals surface area contributed by atoms with Crippen LogP contribution in [0.2, 0.25) is 0 Å². The number of rotatable bonds is 3. The van der Waals surface area contributed by atoms with E-state index in [1.165, 1.54) is 0 Å². The number of nitrogen functional groups attached to an aromatic ring is 1. The molecule has 102 valence electrons. The average Bonchev–Trinajstić information content (AvgIpc) is 2.61. The summed E-state index contributed by atoms with van der Waals surface area (Å²) in [6.07, 6.45) is 0.527. The van der Waals surface area contributed by atoms with E-state index in [0.29, 0.717) is 30.3 Å². The number of hydrogen-bond acceptors (Lipinski definition) is 3. The van der Waals surface area contributed by atoms with Gasteiger partial charge in [0, 0.05) is 23.1 Å². The largest absolute Gasteiger partial charge is 0.399 e. The van der Waals surface area contributed by atoms with E-state index in [1.54, 1.807) is 23.1 Å². The van der Waals surface area contributed by atoms with Crippen molar-refractivity contribution in [1.29, 1.82) is 0 Å². The van der Waals surface area contributed by atoms with E-state index in [9.17, 15) is 9.59 Å². The zero-order valence-corrected chi connectivity index (χ0v) is 12.2. The van der Waals surface area contributed by atoms with E-state index in [2.05, 4.69) is 21.2 Å². The van der Waals surface area contributed by atoms with Crippen molar-refractivity contribution in [3.05, 3.63) is 22.7 Å². The molecule has 0 aromatic heterocycles. The van der Waals surface area contributed by atoms with Gasteiger partial charge in [0.2, 0.25) is 11.8 Å². The molecule has 0 aliphatic carbocycles. The van der Waals surface area contributed by atoms with Crippen molar-refractivity contribution in [3.8, 4) is 0 Å². The molecule has 3 N–H and O–H groups in total. The van der Waals surface area contributed by atoms with Gasteiger partial charge in [-0.3, -0.25) is 9.59 Å². The third-order valence-corrected chi connectivity index (χ3v) is 3.67. The molecule has 1 aliphatic heterocycles. The summed E-state index contributed by atoms with van der Waals surface area (Å²) in [4.78, 5) is 25.1. The molecule has 1 saturated heterocycles. The van der Waals surface area contributed by atoms with Gasteiger partial charge >= 0.3 is 0 Å². The SMILES string of the molecule is CC1CC(=O)N(CC(=O)Nc2ccc(N)cc2Br)C1. The molecule has 0 radical (unpaired) electrons. The summed E-state index contributed by atoms with van der Waals surface area (Å²) in [5.74, 6) is 0.163. The maximum absolute atomic E-state index is 11.9. The lowest BCUT2D eigenvalue weighted by Gasteiger charge is -2.16.